The van der Waals surface area contributed by atoms with E-state index in [-0.39, 0.29) is 23.3 Å². The second-order valence-electron chi connectivity index (χ2n) is 13.4. The maximum absolute atomic E-state index is 13.5. The van der Waals surface area contributed by atoms with Gasteiger partial charge in [0, 0.05) is 21.9 Å². The Morgan fingerprint density at radius 3 is 1.10 bits per heavy atom. The van der Waals surface area contributed by atoms with Gasteiger partial charge in [0.1, 0.15) is 23.3 Å². The average Bonchev–Trinajstić information content (AvgIpc) is 3.91. The number of pyridine rings is 2. The fraction of sp³-hybridized carbons (Fsp3) is 0. The van der Waals surface area contributed by atoms with E-state index in [4.69, 9.17) is 20.2 Å². The van der Waals surface area contributed by atoms with Crippen molar-refractivity contribution in [3.05, 3.63) is 205 Å². The van der Waals surface area contributed by atoms with E-state index in [1.165, 1.54) is 48.5 Å². The zero-order valence-electron chi connectivity index (χ0n) is 30.5. The lowest BCUT2D eigenvalue weighted by Crippen LogP contribution is -2.00. The van der Waals surface area contributed by atoms with Gasteiger partial charge in [0.2, 0.25) is 0 Å². The molecule has 0 saturated carbocycles. The molecule has 0 aliphatic heterocycles. The van der Waals surface area contributed by atoms with Crippen molar-refractivity contribution in [1.82, 2.24) is 29.5 Å². The van der Waals surface area contributed by atoms with E-state index < -0.39 is 0 Å². The van der Waals surface area contributed by atoms with E-state index in [0.29, 0.717) is 33.8 Å². The average molecular weight is 767 g/mol. The zero-order chi connectivity index (χ0) is 39.6. The van der Waals surface area contributed by atoms with Crippen LogP contribution in [0.5, 0.6) is 0 Å². The number of fused-ring (bicyclic) bond motifs is 2. The molecule has 6 aromatic carbocycles. The van der Waals surface area contributed by atoms with Gasteiger partial charge in [-0.1, -0.05) is 48.5 Å². The van der Waals surface area contributed by atoms with Gasteiger partial charge in [0.15, 0.2) is 0 Å². The molecular weight excluding hydrogens is 737 g/mol. The van der Waals surface area contributed by atoms with Crippen LogP contribution in [-0.4, -0.2) is 29.5 Å². The first-order valence-corrected chi connectivity index (χ1v) is 18.3. The Labute approximate surface area is 330 Å². The molecule has 4 aromatic heterocycles. The van der Waals surface area contributed by atoms with E-state index >= 15 is 0 Å². The van der Waals surface area contributed by atoms with Gasteiger partial charge in [-0.15, -0.1) is 0 Å². The van der Waals surface area contributed by atoms with Gasteiger partial charge in [-0.3, -0.25) is 0 Å². The molecule has 0 aliphatic carbocycles. The van der Waals surface area contributed by atoms with E-state index in [1.807, 2.05) is 106 Å². The summed E-state index contributed by atoms with van der Waals surface area (Å²) in [6.45, 7) is 0. The van der Waals surface area contributed by atoms with Crippen LogP contribution in [0.3, 0.4) is 0 Å². The number of rotatable bonds is 6. The first-order chi connectivity index (χ1) is 28.3. The van der Waals surface area contributed by atoms with Crippen LogP contribution in [0.15, 0.2) is 182 Å². The second kappa shape index (κ2) is 15.4. The highest BCUT2D eigenvalue weighted by atomic mass is 19.1. The molecular formula is C48H30F4N6. The summed E-state index contributed by atoms with van der Waals surface area (Å²) < 4.78 is 57.3. The Balaban J connectivity index is 0.000000150. The van der Waals surface area contributed by atoms with Crippen molar-refractivity contribution in [2.24, 2.45) is 0 Å². The fourth-order valence-corrected chi connectivity index (χ4v) is 6.66. The standard InChI is InChI=1S/2C24H15F2N3/c2*25-18-9-6-16(7-10-18)23-15-24(29(28-23)20-4-2-1-3-5-20)22-12-8-17-14-19(26)11-13-21(17)27-22/h2*1-15H. The Bertz CT molecular complexity index is 2830. The number of para-hydroxylation sites is 2. The van der Waals surface area contributed by atoms with Gasteiger partial charge in [-0.25, -0.2) is 36.9 Å². The van der Waals surface area contributed by atoms with Gasteiger partial charge in [0.25, 0.3) is 0 Å². The van der Waals surface area contributed by atoms with Crippen LogP contribution in [0.4, 0.5) is 17.6 Å². The molecule has 4 heterocycles. The third-order valence-corrected chi connectivity index (χ3v) is 9.53. The van der Waals surface area contributed by atoms with Gasteiger partial charge < -0.3 is 0 Å². The summed E-state index contributed by atoms with van der Waals surface area (Å²) in [5, 5.41) is 11.0. The number of benzene rings is 6. The molecule has 0 bridgehead atoms. The van der Waals surface area contributed by atoms with Gasteiger partial charge in [0.05, 0.1) is 56.6 Å². The molecule has 280 valence electrons. The highest BCUT2D eigenvalue weighted by Gasteiger charge is 2.17. The zero-order valence-corrected chi connectivity index (χ0v) is 30.5. The maximum Gasteiger partial charge on any atom is 0.123 e. The summed E-state index contributed by atoms with van der Waals surface area (Å²) in [4.78, 5) is 9.41. The molecule has 10 aromatic rings. The molecule has 0 fully saturated rings. The van der Waals surface area contributed by atoms with Crippen LogP contribution in [0.25, 0.3) is 78.5 Å². The molecule has 58 heavy (non-hydrogen) atoms. The van der Waals surface area contributed by atoms with Crippen LogP contribution < -0.4 is 0 Å². The largest absolute Gasteiger partial charge is 0.246 e. The number of nitrogens with zero attached hydrogens (tertiary/aromatic N) is 6. The highest BCUT2D eigenvalue weighted by molar-refractivity contribution is 5.83. The van der Waals surface area contributed by atoms with Crippen LogP contribution in [0, 0.1) is 23.3 Å². The molecule has 0 saturated heterocycles. The molecule has 10 rings (SSSR count). The monoisotopic (exact) mass is 766 g/mol. The molecule has 0 amide bonds. The van der Waals surface area contributed by atoms with Crippen molar-refractivity contribution in [2.45, 2.75) is 0 Å². The lowest BCUT2D eigenvalue weighted by Gasteiger charge is -2.08. The predicted octanol–water partition coefficient (Wildman–Crippen LogP) is 12.1. The Hall–Kier alpha value is -7.72. The van der Waals surface area contributed by atoms with E-state index in [1.54, 1.807) is 36.4 Å². The van der Waals surface area contributed by atoms with Crippen molar-refractivity contribution in [1.29, 1.82) is 0 Å². The SMILES string of the molecule is Fc1ccc(-c2cc(-c3ccc4cc(F)ccc4n3)n(-c3ccccc3)n2)cc1.Fc1ccc(-c2cc(-c3ccc4cc(F)ccc4n3)n(-c3ccccc3)n2)cc1. The summed E-state index contributed by atoms with van der Waals surface area (Å²) in [6.07, 6.45) is 0. The van der Waals surface area contributed by atoms with Crippen molar-refractivity contribution >= 4 is 21.8 Å². The second-order valence-corrected chi connectivity index (χ2v) is 13.4. The minimum atomic E-state index is -0.292. The number of hydrogen-bond donors (Lipinski definition) is 0. The minimum absolute atomic E-state index is 0.292. The van der Waals surface area contributed by atoms with Crippen LogP contribution in [-0.2, 0) is 0 Å². The highest BCUT2D eigenvalue weighted by Crippen LogP contribution is 2.31. The van der Waals surface area contributed by atoms with E-state index in [9.17, 15) is 17.6 Å². The first-order valence-electron chi connectivity index (χ1n) is 18.3. The van der Waals surface area contributed by atoms with E-state index in [2.05, 4.69) is 0 Å². The topological polar surface area (TPSA) is 61.4 Å². The number of aromatic nitrogens is 6. The van der Waals surface area contributed by atoms with Crippen LogP contribution in [0.2, 0.25) is 0 Å². The van der Waals surface area contributed by atoms with Gasteiger partial charge in [-0.2, -0.15) is 10.2 Å². The van der Waals surface area contributed by atoms with Crippen molar-refractivity contribution in [3.8, 4) is 56.7 Å². The predicted molar refractivity (Wildman–Crippen MR) is 219 cm³/mol. The molecule has 0 unspecified atom stereocenters. The lowest BCUT2D eigenvalue weighted by atomic mass is 10.1. The fourth-order valence-electron chi connectivity index (χ4n) is 6.66. The summed E-state index contributed by atoms with van der Waals surface area (Å²) in [6, 6.07) is 52.3. The van der Waals surface area contributed by atoms with Crippen molar-refractivity contribution < 1.29 is 17.6 Å². The molecule has 0 radical (unpaired) electrons. The molecule has 10 heteroatoms. The van der Waals surface area contributed by atoms with Gasteiger partial charge >= 0.3 is 0 Å². The summed E-state index contributed by atoms with van der Waals surface area (Å²) >= 11 is 0. The summed E-state index contributed by atoms with van der Waals surface area (Å²) in [5.41, 5.74) is 9.24. The van der Waals surface area contributed by atoms with Crippen molar-refractivity contribution in [3.63, 3.8) is 0 Å². The third kappa shape index (κ3) is 7.46. The Kier molecular flexibility index (Phi) is 9.56. The summed E-state index contributed by atoms with van der Waals surface area (Å²) in [7, 11) is 0. The van der Waals surface area contributed by atoms with Crippen LogP contribution >= 0.6 is 0 Å². The smallest absolute Gasteiger partial charge is 0.123 e. The van der Waals surface area contributed by atoms with E-state index in [0.717, 1.165) is 44.7 Å². The number of hydrogen-bond acceptors (Lipinski definition) is 4. The lowest BCUT2D eigenvalue weighted by molar-refractivity contribution is 0.627. The Morgan fingerprint density at radius 1 is 0.328 bits per heavy atom. The van der Waals surface area contributed by atoms with Gasteiger partial charge in [-0.05, 0) is 133 Å². The minimum Gasteiger partial charge on any atom is -0.246 e. The first kappa shape index (κ1) is 35.9. The molecule has 0 aliphatic rings. The normalized spacial score (nSPS) is 11.1. The molecule has 6 nitrogen and oxygen atoms in total. The third-order valence-electron chi connectivity index (χ3n) is 9.53. The summed E-state index contributed by atoms with van der Waals surface area (Å²) in [5.74, 6) is -1.17. The Morgan fingerprint density at radius 2 is 0.707 bits per heavy atom. The quantitative estimate of drug-likeness (QED) is 0.158. The maximum atomic E-state index is 13.5. The number of halogens is 4. The molecule has 0 atom stereocenters. The molecule has 0 N–H and O–H groups in total. The van der Waals surface area contributed by atoms with Crippen LogP contribution in [0.1, 0.15) is 0 Å². The molecule has 0 spiro atoms. The van der Waals surface area contributed by atoms with Crippen molar-refractivity contribution in [2.75, 3.05) is 0 Å².